The molecule has 6 heteroatoms. The fourth-order valence-electron chi connectivity index (χ4n) is 1.96. The lowest BCUT2D eigenvalue weighted by molar-refractivity contribution is -0.129. The molecule has 0 spiro atoms. The predicted octanol–water partition coefficient (Wildman–Crippen LogP) is 1.59. The van der Waals surface area contributed by atoms with Crippen LogP contribution in [0.4, 0.5) is 4.39 Å². The van der Waals surface area contributed by atoms with Gasteiger partial charge >= 0.3 is 0 Å². The van der Waals surface area contributed by atoms with Gasteiger partial charge in [0.1, 0.15) is 12.2 Å². The van der Waals surface area contributed by atoms with Gasteiger partial charge in [-0.05, 0) is 36.2 Å². The number of aromatic nitrogens is 1. The van der Waals surface area contributed by atoms with Crippen molar-refractivity contribution in [2.45, 2.75) is 19.4 Å². The molecule has 1 heterocycles. The number of nitrogens with one attached hydrogen (secondary N) is 2. The zero-order chi connectivity index (χ0) is 16.5. The molecule has 120 valence electrons. The van der Waals surface area contributed by atoms with Gasteiger partial charge in [0, 0.05) is 12.7 Å². The Labute approximate surface area is 133 Å². The SMILES string of the molecule is O=C(CC(=O)NCc1ccccn1)NCCc1ccc(F)cc1. The zero-order valence-electron chi connectivity index (χ0n) is 12.6. The number of nitrogens with zero attached hydrogens (tertiary/aromatic N) is 1. The fourth-order valence-corrected chi connectivity index (χ4v) is 1.96. The van der Waals surface area contributed by atoms with Crippen molar-refractivity contribution in [2.75, 3.05) is 6.54 Å². The molecular weight excluding hydrogens is 297 g/mol. The Bertz CT molecular complexity index is 645. The van der Waals surface area contributed by atoms with Gasteiger partial charge < -0.3 is 10.6 Å². The van der Waals surface area contributed by atoms with Crippen LogP contribution in [0.25, 0.3) is 0 Å². The minimum absolute atomic E-state index is 0.226. The molecule has 5 nitrogen and oxygen atoms in total. The lowest BCUT2D eigenvalue weighted by Crippen LogP contribution is -2.32. The van der Waals surface area contributed by atoms with Crippen LogP contribution in [-0.2, 0) is 22.6 Å². The van der Waals surface area contributed by atoms with Crippen molar-refractivity contribution in [1.82, 2.24) is 15.6 Å². The maximum Gasteiger partial charge on any atom is 0.229 e. The highest BCUT2D eigenvalue weighted by Crippen LogP contribution is 2.02. The van der Waals surface area contributed by atoms with Crippen LogP contribution in [0, 0.1) is 5.82 Å². The van der Waals surface area contributed by atoms with Gasteiger partial charge in [-0.2, -0.15) is 0 Å². The van der Waals surface area contributed by atoms with Crippen LogP contribution in [0.3, 0.4) is 0 Å². The van der Waals surface area contributed by atoms with Gasteiger partial charge in [0.05, 0.1) is 12.2 Å². The first-order valence-electron chi connectivity index (χ1n) is 7.31. The third-order valence-electron chi connectivity index (χ3n) is 3.16. The average Bonchev–Trinajstić information content (AvgIpc) is 2.56. The minimum atomic E-state index is -0.352. The van der Waals surface area contributed by atoms with Crippen LogP contribution in [0.15, 0.2) is 48.7 Å². The van der Waals surface area contributed by atoms with Crippen LogP contribution in [0.2, 0.25) is 0 Å². The zero-order valence-corrected chi connectivity index (χ0v) is 12.6. The molecule has 2 amide bonds. The number of pyridine rings is 1. The van der Waals surface area contributed by atoms with Crippen LogP contribution < -0.4 is 10.6 Å². The highest BCUT2D eigenvalue weighted by atomic mass is 19.1. The number of carbonyl (C=O) groups is 2. The lowest BCUT2D eigenvalue weighted by atomic mass is 10.1. The van der Waals surface area contributed by atoms with Crippen molar-refractivity contribution in [3.05, 3.63) is 65.7 Å². The molecule has 0 aliphatic heterocycles. The van der Waals surface area contributed by atoms with Crippen molar-refractivity contribution < 1.29 is 14.0 Å². The predicted molar refractivity (Wildman–Crippen MR) is 83.8 cm³/mol. The van der Waals surface area contributed by atoms with Gasteiger partial charge in [-0.1, -0.05) is 18.2 Å². The van der Waals surface area contributed by atoms with Gasteiger partial charge in [0.15, 0.2) is 0 Å². The summed E-state index contributed by atoms with van der Waals surface area (Å²) in [6.45, 7) is 0.695. The Morgan fingerprint density at radius 3 is 2.43 bits per heavy atom. The standard InChI is InChI=1S/C17H18FN3O2/c18-14-6-4-13(5-7-14)8-10-20-16(22)11-17(23)21-12-15-3-1-2-9-19-15/h1-7,9H,8,10-12H2,(H,20,22)(H,21,23). The summed E-state index contributed by atoms with van der Waals surface area (Å²) in [6.07, 6.45) is 2.00. The number of amides is 2. The second-order valence-corrected chi connectivity index (χ2v) is 5.00. The van der Waals surface area contributed by atoms with E-state index >= 15 is 0 Å². The van der Waals surface area contributed by atoms with Crippen molar-refractivity contribution in [2.24, 2.45) is 0 Å². The quantitative estimate of drug-likeness (QED) is 0.762. The third-order valence-corrected chi connectivity index (χ3v) is 3.16. The van der Waals surface area contributed by atoms with Crippen molar-refractivity contribution >= 4 is 11.8 Å². The number of carbonyl (C=O) groups excluding carboxylic acids is 2. The Hall–Kier alpha value is -2.76. The third kappa shape index (κ3) is 6.25. The summed E-state index contributed by atoms with van der Waals surface area (Å²) in [6, 6.07) is 11.5. The van der Waals surface area contributed by atoms with Crippen molar-refractivity contribution in [3.63, 3.8) is 0 Å². The maximum absolute atomic E-state index is 12.8. The molecule has 2 aromatic rings. The summed E-state index contributed by atoms with van der Waals surface area (Å²) < 4.78 is 12.8. The van der Waals surface area contributed by atoms with E-state index in [1.807, 2.05) is 6.07 Å². The molecule has 2 rings (SSSR count). The van der Waals surface area contributed by atoms with E-state index in [1.54, 1.807) is 30.5 Å². The molecule has 0 saturated carbocycles. The Morgan fingerprint density at radius 1 is 1.00 bits per heavy atom. The Morgan fingerprint density at radius 2 is 1.74 bits per heavy atom. The molecule has 23 heavy (non-hydrogen) atoms. The van der Waals surface area contributed by atoms with E-state index in [0.29, 0.717) is 19.5 Å². The summed E-state index contributed by atoms with van der Waals surface area (Å²) >= 11 is 0. The Balaban J connectivity index is 1.64. The second kappa shape index (κ2) is 8.63. The van der Waals surface area contributed by atoms with Crippen LogP contribution in [-0.4, -0.2) is 23.3 Å². The molecule has 0 saturated heterocycles. The molecule has 1 aromatic heterocycles. The van der Waals surface area contributed by atoms with Gasteiger partial charge in [0.25, 0.3) is 0 Å². The summed E-state index contributed by atoms with van der Waals surface area (Å²) in [7, 11) is 0. The highest BCUT2D eigenvalue weighted by molar-refractivity contribution is 5.96. The molecule has 0 atom stereocenters. The van der Waals surface area contributed by atoms with Crippen LogP contribution in [0.5, 0.6) is 0 Å². The summed E-state index contributed by atoms with van der Waals surface area (Å²) in [5.74, 6) is -0.983. The first-order valence-corrected chi connectivity index (χ1v) is 7.31. The summed E-state index contributed by atoms with van der Waals surface area (Å²) in [4.78, 5) is 27.4. The van der Waals surface area contributed by atoms with Crippen LogP contribution in [0.1, 0.15) is 17.7 Å². The van der Waals surface area contributed by atoms with Gasteiger partial charge in [0.2, 0.25) is 11.8 Å². The van der Waals surface area contributed by atoms with Gasteiger partial charge in [-0.3, -0.25) is 14.6 Å². The number of halogens is 1. The summed E-state index contributed by atoms with van der Waals surface area (Å²) in [5.41, 5.74) is 1.66. The van der Waals surface area contributed by atoms with E-state index in [4.69, 9.17) is 0 Å². The van der Waals surface area contributed by atoms with E-state index < -0.39 is 0 Å². The number of hydrogen-bond acceptors (Lipinski definition) is 3. The van der Waals surface area contributed by atoms with Crippen LogP contribution >= 0.6 is 0 Å². The monoisotopic (exact) mass is 315 g/mol. The first kappa shape index (κ1) is 16.6. The molecule has 0 aliphatic carbocycles. The van der Waals surface area contributed by atoms with Gasteiger partial charge in [-0.15, -0.1) is 0 Å². The minimum Gasteiger partial charge on any atom is -0.355 e. The largest absolute Gasteiger partial charge is 0.355 e. The van der Waals surface area contributed by atoms with E-state index in [0.717, 1.165) is 11.3 Å². The lowest BCUT2D eigenvalue weighted by Gasteiger charge is -2.06. The molecular formula is C17H18FN3O2. The molecule has 0 fully saturated rings. The average molecular weight is 315 g/mol. The first-order chi connectivity index (χ1) is 11.1. The molecule has 2 N–H and O–H groups in total. The molecule has 0 radical (unpaired) electrons. The molecule has 0 aliphatic rings. The molecule has 1 aromatic carbocycles. The highest BCUT2D eigenvalue weighted by Gasteiger charge is 2.08. The van der Waals surface area contributed by atoms with Crippen molar-refractivity contribution in [1.29, 1.82) is 0 Å². The van der Waals surface area contributed by atoms with E-state index in [9.17, 15) is 14.0 Å². The number of benzene rings is 1. The number of rotatable bonds is 7. The van der Waals surface area contributed by atoms with E-state index in [2.05, 4.69) is 15.6 Å². The molecule has 0 unspecified atom stereocenters. The fraction of sp³-hybridized carbons (Fsp3) is 0.235. The Kier molecular flexibility index (Phi) is 6.23. The maximum atomic E-state index is 12.8. The second-order valence-electron chi connectivity index (χ2n) is 5.00. The van der Waals surface area contributed by atoms with E-state index in [-0.39, 0.29) is 24.1 Å². The van der Waals surface area contributed by atoms with E-state index in [1.165, 1.54) is 12.1 Å². The van der Waals surface area contributed by atoms with Crippen molar-refractivity contribution in [3.8, 4) is 0 Å². The molecule has 0 bridgehead atoms. The van der Waals surface area contributed by atoms with Gasteiger partial charge in [-0.25, -0.2) is 4.39 Å². The number of hydrogen-bond donors (Lipinski definition) is 2. The summed E-state index contributed by atoms with van der Waals surface area (Å²) in [5, 5.41) is 5.31. The smallest absolute Gasteiger partial charge is 0.229 e. The normalized spacial score (nSPS) is 10.1. The topological polar surface area (TPSA) is 71.1 Å².